The van der Waals surface area contributed by atoms with Crippen molar-refractivity contribution in [3.05, 3.63) is 36.2 Å². The van der Waals surface area contributed by atoms with E-state index in [1.807, 2.05) is 18.2 Å². The Morgan fingerprint density at radius 2 is 2.00 bits per heavy atom. The molecule has 0 unspecified atom stereocenters. The average Bonchev–Trinajstić information content (AvgIpc) is 2.43. The molecule has 0 spiro atoms. The molecule has 0 aliphatic heterocycles. The number of nitrogens with one attached hydrogen (secondary N) is 2. The van der Waals surface area contributed by atoms with E-state index in [1.165, 1.54) is 0 Å². The normalized spacial score (nSPS) is 11.2. The molecule has 1 aromatic heterocycles. The lowest BCUT2D eigenvalue weighted by molar-refractivity contribution is -0.120. The van der Waals surface area contributed by atoms with Crippen LogP contribution in [0.3, 0.4) is 0 Å². The van der Waals surface area contributed by atoms with E-state index in [2.05, 4.69) is 15.6 Å². The number of alkyl carbamates (subject to hydrolysis) is 1. The smallest absolute Gasteiger partial charge is 0.407 e. The van der Waals surface area contributed by atoms with E-state index in [-0.39, 0.29) is 12.3 Å². The third kappa shape index (κ3) is 8.73. The fourth-order valence-electron chi connectivity index (χ4n) is 1.53. The summed E-state index contributed by atoms with van der Waals surface area (Å²) in [7, 11) is 0. The van der Waals surface area contributed by atoms with Crippen molar-refractivity contribution in [1.82, 2.24) is 15.6 Å². The predicted octanol–water partition coefficient (Wildman–Crippen LogP) is 2.13. The molecule has 0 aliphatic rings. The molecule has 1 rings (SSSR count). The number of carbonyl (C=O) groups excluding carboxylic acids is 2. The van der Waals surface area contributed by atoms with Crippen LogP contribution in [0.2, 0.25) is 0 Å². The molecular weight excluding hydrogens is 282 g/mol. The maximum atomic E-state index is 11.6. The van der Waals surface area contributed by atoms with E-state index in [4.69, 9.17) is 4.74 Å². The molecular formula is C16H23N3O3. The zero-order valence-electron chi connectivity index (χ0n) is 13.3. The number of amides is 2. The van der Waals surface area contributed by atoms with Crippen LogP contribution >= 0.6 is 0 Å². The van der Waals surface area contributed by atoms with Crippen molar-refractivity contribution in [2.45, 2.75) is 32.8 Å². The molecule has 1 heterocycles. The molecule has 2 amide bonds. The topological polar surface area (TPSA) is 80.3 Å². The van der Waals surface area contributed by atoms with Crippen LogP contribution in [0.1, 0.15) is 32.8 Å². The summed E-state index contributed by atoms with van der Waals surface area (Å²) in [6.07, 6.45) is 6.82. The predicted molar refractivity (Wildman–Crippen MR) is 85.1 cm³/mol. The summed E-state index contributed by atoms with van der Waals surface area (Å²) < 4.78 is 5.08. The fourth-order valence-corrected chi connectivity index (χ4v) is 1.53. The second kappa shape index (κ2) is 8.81. The quantitative estimate of drug-likeness (QED) is 0.789. The van der Waals surface area contributed by atoms with Crippen LogP contribution in [-0.4, -0.2) is 35.7 Å². The monoisotopic (exact) mass is 305 g/mol. The van der Waals surface area contributed by atoms with Crippen molar-refractivity contribution in [2.75, 3.05) is 13.1 Å². The van der Waals surface area contributed by atoms with Crippen LogP contribution < -0.4 is 10.6 Å². The molecule has 0 fully saturated rings. The zero-order chi connectivity index (χ0) is 16.4. The van der Waals surface area contributed by atoms with E-state index < -0.39 is 11.7 Å². The van der Waals surface area contributed by atoms with Crippen LogP contribution in [0.4, 0.5) is 4.79 Å². The van der Waals surface area contributed by atoms with Gasteiger partial charge in [0.15, 0.2) is 0 Å². The first-order valence-electron chi connectivity index (χ1n) is 7.17. The Balaban J connectivity index is 2.14. The van der Waals surface area contributed by atoms with Gasteiger partial charge in [-0.2, -0.15) is 0 Å². The van der Waals surface area contributed by atoms with Crippen molar-refractivity contribution in [2.24, 2.45) is 0 Å². The number of pyridine rings is 1. The number of carbonyl (C=O) groups is 2. The van der Waals surface area contributed by atoms with Crippen LogP contribution in [0, 0.1) is 0 Å². The molecule has 0 saturated heterocycles. The van der Waals surface area contributed by atoms with Crippen LogP contribution in [0.15, 0.2) is 30.6 Å². The maximum Gasteiger partial charge on any atom is 0.407 e. The molecule has 22 heavy (non-hydrogen) atoms. The SMILES string of the molecule is CC(C)(C)OC(=O)NCCNC(=O)C/C=C/c1cccnc1. The van der Waals surface area contributed by atoms with Crippen LogP contribution in [-0.2, 0) is 9.53 Å². The van der Waals surface area contributed by atoms with Gasteiger partial charge in [-0.25, -0.2) is 4.79 Å². The maximum absolute atomic E-state index is 11.6. The minimum absolute atomic E-state index is 0.105. The van der Waals surface area contributed by atoms with Crippen molar-refractivity contribution in [3.63, 3.8) is 0 Å². The summed E-state index contributed by atoms with van der Waals surface area (Å²) in [6, 6.07) is 3.74. The Bertz CT molecular complexity index is 507. The second-order valence-corrected chi connectivity index (χ2v) is 5.67. The van der Waals surface area contributed by atoms with E-state index in [9.17, 15) is 9.59 Å². The van der Waals surface area contributed by atoms with Gasteiger partial charge < -0.3 is 15.4 Å². The highest BCUT2D eigenvalue weighted by Crippen LogP contribution is 2.06. The van der Waals surface area contributed by atoms with Gasteiger partial charge in [-0.3, -0.25) is 9.78 Å². The highest BCUT2D eigenvalue weighted by molar-refractivity contribution is 5.78. The van der Waals surface area contributed by atoms with E-state index in [0.717, 1.165) is 5.56 Å². The highest BCUT2D eigenvalue weighted by atomic mass is 16.6. The number of ether oxygens (including phenoxy) is 1. The van der Waals surface area contributed by atoms with Gasteiger partial charge in [0.1, 0.15) is 5.60 Å². The van der Waals surface area contributed by atoms with Crippen molar-refractivity contribution in [3.8, 4) is 0 Å². The van der Waals surface area contributed by atoms with Crippen LogP contribution in [0.25, 0.3) is 6.08 Å². The van der Waals surface area contributed by atoms with Gasteiger partial charge >= 0.3 is 6.09 Å². The summed E-state index contributed by atoms with van der Waals surface area (Å²) in [6.45, 7) is 6.07. The lowest BCUT2D eigenvalue weighted by Crippen LogP contribution is -2.37. The first kappa shape index (κ1) is 17.7. The number of hydrogen-bond donors (Lipinski definition) is 2. The lowest BCUT2D eigenvalue weighted by atomic mass is 10.2. The van der Waals surface area contributed by atoms with Crippen molar-refractivity contribution < 1.29 is 14.3 Å². The third-order valence-electron chi connectivity index (χ3n) is 2.41. The fraction of sp³-hybridized carbons (Fsp3) is 0.438. The van der Waals surface area contributed by atoms with Gasteiger partial charge in [0.2, 0.25) is 5.91 Å². The largest absolute Gasteiger partial charge is 0.444 e. The molecule has 0 aromatic carbocycles. The van der Waals surface area contributed by atoms with Gasteiger partial charge in [0.25, 0.3) is 0 Å². The van der Waals surface area contributed by atoms with E-state index in [1.54, 1.807) is 39.2 Å². The minimum Gasteiger partial charge on any atom is -0.444 e. The summed E-state index contributed by atoms with van der Waals surface area (Å²) in [5.41, 5.74) is 0.423. The molecule has 6 nitrogen and oxygen atoms in total. The average molecular weight is 305 g/mol. The minimum atomic E-state index is -0.523. The molecule has 120 valence electrons. The Morgan fingerprint density at radius 1 is 1.27 bits per heavy atom. The zero-order valence-corrected chi connectivity index (χ0v) is 13.3. The molecule has 0 aliphatic carbocycles. The molecule has 0 radical (unpaired) electrons. The van der Waals surface area contributed by atoms with Crippen molar-refractivity contribution in [1.29, 1.82) is 0 Å². The Morgan fingerprint density at radius 3 is 2.64 bits per heavy atom. The molecule has 0 saturated carbocycles. The van der Waals surface area contributed by atoms with Gasteiger partial charge in [-0.05, 0) is 32.4 Å². The van der Waals surface area contributed by atoms with Gasteiger partial charge in [-0.1, -0.05) is 18.2 Å². The number of aromatic nitrogens is 1. The summed E-state index contributed by atoms with van der Waals surface area (Å²) in [5.74, 6) is -0.105. The summed E-state index contributed by atoms with van der Waals surface area (Å²) in [5, 5.41) is 5.29. The van der Waals surface area contributed by atoms with Gasteiger partial charge in [-0.15, -0.1) is 0 Å². The van der Waals surface area contributed by atoms with Crippen LogP contribution in [0.5, 0.6) is 0 Å². The number of hydrogen-bond acceptors (Lipinski definition) is 4. The Labute approximate surface area is 131 Å². The molecule has 6 heteroatoms. The number of rotatable bonds is 6. The standard InChI is InChI=1S/C16H23N3O3/c1-16(2,3)22-15(21)19-11-10-18-14(20)8-4-6-13-7-5-9-17-12-13/h4-7,9,12H,8,10-11H2,1-3H3,(H,18,20)(H,19,21)/b6-4+. The molecule has 2 N–H and O–H groups in total. The first-order chi connectivity index (χ1) is 10.4. The van der Waals surface area contributed by atoms with Gasteiger partial charge in [0.05, 0.1) is 0 Å². The Hall–Kier alpha value is -2.37. The first-order valence-corrected chi connectivity index (χ1v) is 7.17. The third-order valence-corrected chi connectivity index (χ3v) is 2.41. The Kier molecular flexibility index (Phi) is 7.08. The molecule has 1 aromatic rings. The molecule has 0 atom stereocenters. The lowest BCUT2D eigenvalue weighted by Gasteiger charge is -2.19. The summed E-state index contributed by atoms with van der Waals surface area (Å²) in [4.78, 5) is 26.9. The highest BCUT2D eigenvalue weighted by Gasteiger charge is 2.15. The number of nitrogens with zero attached hydrogens (tertiary/aromatic N) is 1. The van der Waals surface area contributed by atoms with E-state index >= 15 is 0 Å². The second-order valence-electron chi connectivity index (χ2n) is 5.67. The van der Waals surface area contributed by atoms with Crippen molar-refractivity contribution >= 4 is 18.1 Å². The van der Waals surface area contributed by atoms with E-state index in [0.29, 0.717) is 13.1 Å². The summed E-state index contributed by atoms with van der Waals surface area (Å²) >= 11 is 0. The van der Waals surface area contributed by atoms with Gasteiger partial charge in [0, 0.05) is 31.9 Å². The molecule has 0 bridgehead atoms.